The molecule has 2 fully saturated rings. The van der Waals surface area contributed by atoms with Gasteiger partial charge in [0.2, 0.25) is 0 Å². The van der Waals surface area contributed by atoms with Crippen molar-refractivity contribution in [1.82, 2.24) is 4.90 Å². The number of ether oxygens (including phenoxy) is 1. The molecule has 2 atom stereocenters. The second kappa shape index (κ2) is 5.99. The molecule has 2 aliphatic rings. The Balaban J connectivity index is 1.85. The fourth-order valence-corrected chi connectivity index (χ4v) is 3.13. The van der Waals surface area contributed by atoms with Crippen LogP contribution in [0, 0.1) is 5.92 Å². The van der Waals surface area contributed by atoms with Gasteiger partial charge in [-0.2, -0.15) is 0 Å². The molecule has 0 aromatic carbocycles. The summed E-state index contributed by atoms with van der Waals surface area (Å²) >= 11 is 0. The summed E-state index contributed by atoms with van der Waals surface area (Å²) in [6.07, 6.45) is 6.85. The molecule has 0 amide bonds. The van der Waals surface area contributed by atoms with Crippen molar-refractivity contribution in [2.75, 3.05) is 26.2 Å². The van der Waals surface area contributed by atoms with Crippen LogP contribution in [0.4, 0.5) is 0 Å². The zero-order valence-electron chi connectivity index (χ0n) is 10.5. The van der Waals surface area contributed by atoms with Crippen molar-refractivity contribution in [3.63, 3.8) is 0 Å². The third kappa shape index (κ3) is 2.76. The lowest BCUT2D eigenvalue weighted by Crippen LogP contribution is -2.51. The predicted molar refractivity (Wildman–Crippen MR) is 66.4 cm³/mol. The van der Waals surface area contributed by atoms with Crippen LogP contribution in [-0.2, 0) is 4.74 Å². The van der Waals surface area contributed by atoms with E-state index in [1.807, 2.05) is 0 Å². The minimum absolute atomic E-state index is 0.406. The van der Waals surface area contributed by atoms with E-state index in [1.54, 1.807) is 0 Å². The molecule has 3 nitrogen and oxygen atoms in total. The van der Waals surface area contributed by atoms with E-state index >= 15 is 0 Å². The Morgan fingerprint density at radius 1 is 1.31 bits per heavy atom. The summed E-state index contributed by atoms with van der Waals surface area (Å²) in [6, 6.07) is 0.473. The van der Waals surface area contributed by atoms with E-state index in [2.05, 4.69) is 11.8 Å². The van der Waals surface area contributed by atoms with E-state index in [4.69, 9.17) is 10.5 Å². The minimum Gasteiger partial charge on any atom is -0.377 e. The Bertz CT molecular complexity index is 196. The van der Waals surface area contributed by atoms with Crippen molar-refractivity contribution in [2.45, 2.75) is 51.2 Å². The summed E-state index contributed by atoms with van der Waals surface area (Å²) in [5.74, 6) is 0.944. The van der Waals surface area contributed by atoms with Crippen molar-refractivity contribution in [1.29, 1.82) is 0 Å². The molecule has 0 aliphatic carbocycles. The lowest BCUT2D eigenvalue weighted by atomic mass is 9.92. The van der Waals surface area contributed by atoms with E-state index < -0.39 is 0 Å². The predicted octanol–water partition coefficient (Wildman–Crippen LogP) is 1.61. The molecule has 0 aromatic heterocycles. The van der Waals surface area contributed by atoms with Crippen molar-refractivity contribution < 1.29 is 4.74 Å². The van der Waals surface area contributed by atoms with Crippen molar-refractivity contribution in [3.05, 3.63) is 0 Å². The second-order valence-electron chi connectivity index (χ2n) is 5.24. The van der Waals surface area contributed by atoms with Crippen LogP contribution in [0.5, 0.6) is 0 Å². The highest BCUT2D eigenvalue weighted by Gasteiger charge is 2.31. The molecule has 0 aromatic rings. The summed E-state index contributed by atoms with van der Waals surface area (Å²) in [5.41, 5.74) is 5.93. The van der Waals surface area contributed by atoms with Gasteiger partial charge in [0.05, 0.1) is 6.10 Å². The van der Waals surface area contributed by atoms with Gasteiger partial charge in [-0.15, -0.1) is 0 Å². The Labute approximate surface area is 99.3 Å². The molecular formula is C13H26N2O. The summed E-state index contributed by atoms with van der Waals surface area (Å²) in [4.78, 5) is 2.57. The van der Waals surface area contributed by atoms with Crippen LogP contribution in [0.25, 0.3) is 0 Å². The largest absolute Gasteiger partial charge is 0.377 e. The highest BCUT2D eigenvalue weighted by Crippen LogP contribution is 2.25. The quantitative estimate of drug-likeness (QED) is 0.791. The van der Waals surface area contributed by atoms with Crippen LogP contribution < -0.4 is 5.73 Å². The van der Waals surface area contributed by atoms with Crippen molar-refractivity contribution in [3.8, 4) is 0 Å². The van der Waals surface area contributed by atoms with Crippen LogP contribution in [0.1, 0.15) is 39.0 Å². The molecule has 2 N–H and O–H groups in total. The topological polar surface area (TPSA) is 38.5 Å². The lowest BCUT2D eigenvalue weighted by Gasteiger charge is -2.39. The number of nitrogens with two attached hydrogens (primary N) is 1. The van der Waals surface area contributed by atoms with E-state index in [1.165, 1.54) is 45.2 Å². The van der Waals surface area contributed by atoms with Gasteiger partial charge in [-0.3, -0.25) is 4.90 Å². The maximum absolute atomic E-state index is 5.93. The van der Waals surface area contributed by atoms with Gasteiger partial charge in [0.25, 0.3) is 0 Å². The molecule has 0 bridgehead atoms. The summed E-state index contributed by atoms with van der Waals surface area (Å²) in [6.45, 7) is 6.44. The number of rotatable bonds is 4. The SMILES string of the molecule is CCC1CCN(C(CN)C2CCCO2)CC1. The van der Waals surface area contributed by atoms with E-state index in [-0.39, 0.29) is 0 Å². The average Bonchev–Trinajstić information content (AvgIpc) is 2.85. The Morgan fingerprint density at radius 3 is 2.56 bits per heavy atom. The zero-order valence-corrected chi connectivity index (χ0v) is 10.5. The van der Waals surface area contributed by atoms with Gasteiger partial charge in [-0.1, -0.05) is 13.3 Å². The third-order valence-electron chi connectivity index (χ3n) is 4.33. The molecule has 2 aliphatic heterocycles. The first-order valence-corrected chi connectivity index (χ1v) is 6.90. The van der Waals surface area contributed by atoms with Gasteiger partial charge in [0, 0.05) is 19.2 Å². The molecule has 94 valence electrons. The monoisotopic (exact) mass is 226 g/mol. The molecule has 0 saturated carbocycles. The summed E-state index contributed by atoms with van der Waals surface area (Å²) in [5, 5.41) is 0. The van der Waals surface area contributed by atoms with Crippen LogP contribution in [0.3, 0.4) is 0 Å². The number of nitrogens with zero attached hydrogens (tertiary/aromatic N) is 1. The van der Waals surface area contributed by atoms with E-state index in [0.29, 0.717) is 12.1 Å². The minimum atomic E-state index is 0.406. The third-order valence-corrected chi connectivity index (χ3v) is 4.33. The smallest absolute Gasteiger partial charge is 0.0743 e. The highest BCUT2D eigenvalue weighted by atomic mass is 16.5. The second-order valence-corrected chi connectivity index (χ2v) is 5.24. The standard InChI is InChI=1S/C13H26N2O/c1-2-11-5-7-15(8-6-11)12(10-14)13-4-3-9-16-13/h11-13H,2-10,14H2,1H3. The fourth-order valence-electron chi connectivity index (χ4n) is 3.13. The molecule has 16 heavy (non-hydrogen) atoms. The number of piperidine rings is 1. The summed E-state index contributed by atoms with van der Waals surface area (Å²) in [7, 11) is 0. The van der Waals surface area contributed by atoms with Gasteiger partial charge in [0.1, 0.15) is 0 Å². The number of hydrogen-bond donors (Lipinski definition) is 1. The van der Waals surface area contributed by atoms with E-state index in [9.17, 15) is 0 Å². The van der Waals surface area contributed by atoms with Gasteiger partial charge in [-0.05, 0) is 44.7 Å². The van der Waals surface area contributed by atoms with Crippen LogP contribution >= 0.6 is 0 Å². The zero-order chi connectivity index (χ0) is 11.4. The van der Waals surface area contributed by atoms with E-state index in [0.717, 1.165) is 19.1 Å². The van der Waals surface area contributed by atoms with Gasteiger partial charge >= 0.3 is 0 Å². The average molecular weight is 226 g/mol. The molecule has 2 rings (SSSR count). The first-order valence-electron chi connectivity index (χ1n) is 6.90. The van der Waals surface area contributed by atoms with Gasteiger partial charge in [0.15, 0.2) is 0 Å². The molecule has 2 saturated heterocycles. The Hall–Kier alpha value is -0.120. The molecule has 0 spiro atoms. The Morgan fingerprint density at radius 2 is 2.06 bits per heavy atom. The van der Waals surface area contributed by atoms with Gasteiger partial charge < -0.3 is 10.5 Å². The fraction of sp³-hybridized carbons (Fsp3) is 1.00. The normalized spacial score (nSPS) is 30.8. The van der Waals surface area contributed by atoms with Crippen LogP contribution in [0.2, 0.25) is 0 Å². The van der Waals surface area contributed by atoms with Gasteiger partial charge in [-0.25, -0.2) is 0 Å². The molecule has 3 heteroatoms. The lowest BCUT2D eigenvalue weighted by molar-refractivity contribution is 0.0129. The van der Waals surface area contributed by atoms with Crippen molar-refractivity contribution in [2.24, 2.45) is 11.7 Å². The van der Waals surface area contributed by atoms with Crippen LogP contribution in [0.15, 0.2) is 0 Å². The molecule has 2 heterocycles. The maximum atomic E-state index is 5.93. The maximum Gasteiger partial charge on any atom is 0.0743 e. The molecule has 2 unspecified atom stereocenters. The number of hydrogen-bond acceptors (Lipinski definition) is 3. The first kappa shape index (κ1) is 12.3. The van der Waals surface area contributed by atoms with Crippen molar-refractivity contribution >= 4 is 0 Å². The highest BCUT2D eigenvalue weighted by molar-refractivity contribution is 4.86. The Kier molecular flexibility index (Phi) is 4.62. The molecular weight excluding hydrogens is 200 g/mol. The first-order chi connectivity index (χ1) is 7.85. The van der Waals surface area contributed by atoms with Crippen LogP contribution in [-0.4, -0.2) is 43.3 Å². The number of likely N-dealkylation sites (tertiary alicyclic amines) is 1. The molecule has 0 radical (unpaired) electrons. The summed E-state index contributed by atoms with van der Waals surface area (Å²) < 4.78 is 5.79.